The van der Waals surface area contributed by atoms with Crippen LogP contribution >= 0.6 is 0 Å². The Bertz CT molecular complexity index is 517. The van der Waals surface area contributed by atoms with Gasteiger partial charge in [0.2, 0.25) is 0 Å². The van der Waals surface area contributed by atoms with E-state index in [1.165, 1.54) is 13.0 Å². The number of hydrogen-bond acceptors (Lipinski definition) is 4. The molecule has 1 N–H and O–H groups in total. The topological polar surface area (TPSA) is 43.8 Å². The van der Waals surface area contributed by atoms with Gasteiger partial charge in [0.25, 0.3) is 0 Å². The molecule has 5 heteroatoms. The largest absolute Gasteiger partial charge is 0.389 e. The monoisotopic (exact) mass is 294 g/mol. The van der Waals surface area contributed by atoms with E-state index in [0.717, 1.165) is 13.1 Å². The summed E-state index contributed by atoms with van der Waals surface area (Å²) < 4.78 is 14.1. The predicted octanol–water partition coefficient (Wildman–Crippen LogP) is 1.92. The standard InChI is InChI=1S/C16H23FN2O2/c1-12(20)13-4-5-15(14(17)10-13)19-8-6-18(7-9-19)11-16(2,3)21/h4-5,10,21H,6-9,11H2,1-3H3. The maximum atomic E-state index is 14.1. The molecule has 1 saturated heterocycles. The first-order valence-corrected chi connectivity index (χ1v) is 7.26. The molecule has 0 unspecified atom stereocenters. The Kier molecular flexibility index (Phi) is 4.64. The lowest BCUT2D eigenvalue weighted by atomic mass is 10.1. The summed E-state index contributed by atoms with van der Waals surface area (Å²) >= 11 is 0. The predicted molar refractivity (Wildman–Crippen MR) is 81.4 cm³/mol. The number of benzene rings is 1. The minimum atomic E-state index is -0.712. The van der Waals surface area contributed by atoms with Gasteiger partial charge in [0, 0.05) is 38.3 Å². The van der Waals surface area contributed by atoms with Gasteiger partial charge in [0.1, 0.15) is 5.82 Å². The van der Waals surface area contributed by atoms with Crippen LogP contribution in [0.3, 0.4) is 0 Å². The van der Waals surface area contributed by atoms with Crippen molar-refractivity contribution in [2.45, 2.75) is 26.4 Å². The molecule has 0 aromatic heterocycles. The Labute approximate surface area is 125 Å². The smallest absolute Gasteiger partial charge is 0.159 e. The number of anilines is 1. The van der Waals surface area contributed by atoms with Gasteiger partial charge in [-0.2, -0.15) is 0 Å². The van der Waals surface area contributed by atoms with Crippen LogP contribution in [0.4, 0.5) is 10.1 Å². The zero-order valence-electron chi connectivity index (χ0n) is 12.9. The van der Waals surface area contributed by atoms with Crippen LogP contribution in [0.25, 0.3) is 0 Å². The van der Waals surface area contributed by atoms with Gasteiger partial charge in [-0.3, -0.25) is 9.69 Å². The van der Waals surface area contributed by atoms with Crippen LogP contribution in [0.15, 0.2) is 18.2 Å². The van der Waals surface area contributed by atoms with Crippen molar-refractivity contribution >= 4 is 11.5 Å². The number of rotatable bonds is 4. The van der Waals surface area contributed by atoms with Gasteiger partial charge in [0.05, 0.1) is 11.3 Å². The molecule has 4 nitrogen and oxygen atoms in total. The molecule has 1 aromatic carbocycles. The Morgan fingerprint density at radius 1 is 1.29 bits per heavy atom. The van der Waals surface area contributed by atoms with Crippen molar-refractivity contribution < 1.29 is 14.3 Å². The molecule has 0 spiro atoms. The average molecular weight is 294 g/mol. The van der Waals surface area contributed by atoms with E-state index in [9.17, 15) is 14.3 Å². The fraction of sp³-hybridized carbons (Fsp3) is 0.562. The lowest BCUT2D eigenvalue weighted by molar-refractivity contribution is 0.0344. The highest BCUT2D eigenvalue weighted by Crippen LogP contribution is 2.22. The van der Waals surface area contributed by atoms with E-state index in [1.54, 1.807) is 26.0 Å². The fourth-order valence-corrected chi connectivity index (χ4v) is 2.68. The Morgan fingerprint density at radius 2 is 1.90 bits per heavy atom. The molecule has 0 atom stereocenters. The number of β-amino-alcohol motifs (C(OH)–C–C–N with tert-alkyl or cyclic N) is 1. The molecule has 0 amide bonds. The van der Waals surface area contributed by atoms with E-state index < -0.39 is 5.60 Å². The molecule has 2 rings (SSSR count). The quantitative estimate of drug-likeness (QED) is 0.862. The molecular formula is C16H23FN2O2. The van der Waals surface area contributed by atoms with Crippen molar-refractivity contribution in [1.29, 1.82) is 0 Å². The summed E-state index contributed by atoms with van der Waals surface area (Å²) in [5.74, 6) is -0.478. The second-order valence-corrected chi connectivity index (χ2v) is 6.30. The van der Waals surface area contributed by atoms with E-state index in [2.05, 4.69) is 4.90 Å². The molecule has 1 aromatic rings. The van der Waals surface area contributed by atoms with Crippen LogP contribution in [0.2, 0.25) is 0 Å². The number of aliphatic hydroxyl groups is 1. The Morgan fingerprint density at radius 3 is 2.38 bits per heavy atom. The first kappa shape index (κ1) is 15.9. The number of carbonyl (C=O) groups is 1. The molecule has 1 aliphatic heterocycles. The van der Waals surface area contributed by atoms with E-state index in [1.807, 2.05) is 4.90 Å². The van der Waals surface area contributed by atoms with E-state index in [-0.39, 0.29) is 11.6 Å². The van der Waals surface area contributed by atoms with Gasteiger partial charge < -0.3 is 10.0 Å². The summed E-state index contributed by atoms with van der Waals surface area (Å²) in [6.07, 6.45) is 0. The van der Waals surface area contributed by atoms with E-state index in [4.69, 9.17) is 0 Å². The van der Waals surface area contributed by atoms with Crippen LogP contribution in [0, 0.1) is 5.82 Å². The summed E-state index contributed by atoms with van der Waals surface area (Å²) in [6, 6.07) is 4.66. The van der Waals surface area contributed by atoms with Crippen LogP contribution in [-0.4, -0.2) is 54.1 Å². The van der Waals surface area contributed by atoms with Crippen molar-refractivity contribution in [3.8, 4) is 0 Å². The first-order valence-electron chi connectivity index (χ1n) is 7.26. The zero-order chi connectivity index (χ0) is 15.6. The van der Waals surface area contributed by atoms with Gasteiger partial charge in [-0.05, 0) is 39.0 Å². The third-order valence-electron chi connectivity index (χ3n) is 3.68. The number of hydrogen-bond donors (Lipinski definition) is 1. The van der Waals surface area contributed by atoms with Crippen LogP contribution in [0.5, 0.6) is 0 Å². The van der Waals surface area contributed by atoms with Crippen molar-refractivity contribution in [3.05, 3.63) is 29.6 Å². The summed E-state index contributed by atoms with van der Waals surface area (Å²) in [7, 11) is 0. The second-order valence-electron chi connectivity index (χ2n) is 6.30. The van der Waals surface area contributed by atoms with Gasteiger partial charge in [-0.25, -0.2) is 4.39 Å². The number of piperazine rings is 1. The molecule has 1 heterocycles. The third-order valence-corrected chi connectivity index (χ3v) is 3.68. The number of halogens is 1. The molecule has 0 saturated carbocycles. The Balaban J connectivity index is 2.01. The maximum Gasteiger partial charge on any atom is 0.159 e. The van der Waals surface area contributed by atoms with E-state index >= 15 is 0 Å². The van der Waals surface area contributed by atoms with E-state index in [0.29, 0.717) is 30.9 Å². The number of nitrogens with zero attached hydrogens (tertiary/aromatic N) is 2. The van der Waals surface area contributed by atoms with Crippen LogP contribution in [0.1, 0.15) is 31.1 Å². The summed E-state index contributed by atoms with van der Waals surface area (Å²) in [6.45, 7) is 8.64. The SMILES string of the molecule is CC(=O)c1ccc(N2CCN(CC(C)(C)O)CC2)c(F)c1. The lowest BCUT2D eigenvalue weighted by Gasteiger charge is -2.38. The van der Waals surface area contributed by atoms with Gasteiger partial charge >= 0.3 is 0 Å². The lowest BCUT2D eigenvalue weighted by Crippen LogP contribution is -2.50. The summed E-state index contributed by atoms with van der Waals surface area (Å²) in [5, 5.41) is 9.83. The average Bonchev–Trinajstić information content (AvgIpc) is 2.38. The van der Waals surface area contributed by atoms with Gasteiger partial charge in [0.15, 0.2) is 5.78 Å². The third kappa shape index (κ3) is 4.25. The molecule has 0 radical (unpaired) electrons. The summed E-state index contributed by atoms with van der Waals surface area (Å²) in [4.78, 5) is 15.4. The van der Waals surface area contributed by atoms with Gasteiger partial charge in [-0.15, -0.1) is 0 Å². The molecular weight excluding hydrogens is 271 g/mol. The van der Waals surface area contributed by atoms with Gasteiger partial charge in [-0.1, -0.05) is 0 Å². The highest BCUT2D eigenvalue weighted by Gasteiger charge is 2.24. The maximum absolute atomic E-state index is 14.1. The highest BCUT2D eigenvalue weighted by atomic mass is 19.1. The van der Waals surface area contributed by atoms with Crippen LogP contribution in [-0.2, 0) is 0 Å². The number of Topliss-reactive ketones (excluding diaryl/α,β-unsaturated/α-hetero) is 1. The molecule has 1 fully saturated rings. The highest BCUT2D eigenvalue weighted by molar-refractivity contribution is 5.94. The molecule has 1 aliphatic rings. The minimum absolute atomic E-state index is 0.129. The van der Waals surface area contributed by atoms with Crippen molar-refractivity contribution in [3.63, 3.8) is 0 Å². The van der Waals surface area contributed by atoms with Crippen molar-refractivity contribution in [2.75, 3.05) is 37.6 Å². The van der Waals surface area contributed by atoms with Crippen molar-refractivity contribution in [2.24, 2.45) is 0 Å². The molecule has 21 heavy (non-hydrogen) atoms. The normalized spacial score (nSPS) is 17.1. The first-order chi connectivity index (χ1) is 9.76. The van der Waals surface area contributed by atoms with Crippen LogP contribution < -0.4 is 4.90 Å². The number of ketones is 1. The minimum Gasteiger partial charge on any atom is -0.389 e. The summed E-state index contributed by atoms with van der Waals surface area (Å²) in [5.41, 5.74) is 0.233. The second kappa shape index (κ2) is 6.12. The van der Waals surface area contributed by atoms with Crippen molar-refractivity contribution in [1.82, 2.24) is 4.90 Å². The zero-order valence-corrected chi connectivity index (χ0v) is 12.9. The Hall–Kier alpha value is -1.46. The fourth-order valence-electron chi connectivity index (χ4n) is 2.68. The number of carbonyl (C=O) groups excluding carboxylic acids is 1. The molecule has 0 bridgehead atoms. The molecule has 0 aliphatic carbocycles. The molecule has 116 valence electrons.